The largest absolute Gasteiger partial charge is 0.208 e. The van der Waals surface area contributed by atoms with Gasteiger partial charge in [0.15, 0.2) is 34.9 Å². The van der Waals surface area contributed by atoms with Gasteiger partial charge in [-0.2, -0.15) is 0 Å². The maximum Gasteiger partial charge on any atom is 0.164 e. The molecule has 0 spiro atoms. The van der Waals surface area contributed by atoms with E-state index in [9.17, 15) is 0 Å². The van der Waals surface area contributed by atoms with Gasteiger partial charge in [-0.05, 0) is 102 Å². The third kappa shape index (κ3) is 10.5. The molecule has 0 aliphatic carbocycles. The maximum atomic E-state index is 5.28. The summed E-state index contributed by atoms with van der Waals surface area (Å²) in [7, 11) is 0. The molecule has 2 heterocycles. The Morgan fingerprint density at radius 3 is 0.524 bits per heavy atom. The molecule has 0 aliphatic rings. The van der Waals surface area contributed by atoms with Crippen LogP contribution in [0, 0.1) is 0 Å². The highest BCUT2D eigenvalue weighted by Crippen LogP contribution is 2.39. The Kier molecular flexibility index (Phi) is 13.9. The predicted molar refractivity (Wildman–Crippen MR) is 344 cm³/mol. The van der Waals surface area contributed by atoms with Crippen molar-refractivity contribution in [2.75, 3.05) is 0 Å². The normalized spacial score (nSPS) is 11.1. The number of benzene rings is 12. The van der Waals surface area contributed by atoms with Gasteiger partial charge in [-0.15, -0.1) is 0 Å². The standard InChI is InChI=1S/C78H52N6/c1-5-25-53(26-6-1)65-41-13-17-45-69(65)75-79-73(80-76(83-75)70-46-18-14-42-66(70)54-27-7-2-8-28-54)63-39-23-37-61(51-63)59-35-21-33-57(49-59)58-34-22-36-60(50-58)62-38-24-40-64(52-62)74-81-77(71-47-19-15-43-67(71)55-29-9-3-10-30-55)84-78(82-74)72-48-20-16-44-68(72)56-31-11-4-12-32-56/h1-52H. The van der Waals surface area contributed by atoms with E-state index in [1.807, 2.05) is 48.5 Å². The van der Waals surface area contributed by atoms with Crippen molar-refractivity contribution in [2.45, 2.75) is 0 Å². The lowest BCUT2D eigenvalue weighted by atomic mass is 9.95. The first kappa shape index (κ1) is 50.9. The Morgan fingerprint density at radius 1 is 0.119 bits per heavy atom. The van der Waals surface area contributed by atoms with Crippen LogP contribution >= 0.6 is 0 Å². The highest BCUT2D eigenvalue weighted by Gasteiger charge is 2.21. The van der Waals surface area contributed by atoms with Crippen LogP contribution < -0.4 is 0 Å². The van der Waals surface area contributed by atoms with Crippen LogP contribution in [0.4, 0.5) is 0 Å². The van der Waals surface area contributed by atoms with E-state index in [2.05, 4.69) is 267 Å². The van der Waals surface area contributed by atoms with E-state index in [0.29, 0.717) is 34.9 Å². The number of rotatable bonds is 13. The fourth-order valence-electron chi connectivity index (χ4n) is 11.1. The Balaban J connectivity index is 0.822. The van der Waals surface area contributed by atoms with E-state index in [-0.39, 0.29) is 0 Å². The Bertz CT molecular complexity index is 4160. The van der Waals surface area contributed by atoms with E-state index in [4.69, 9.17) is 29.9 Å². The smallest absolute Gasteiger partial charge is 0.164 e. The van der Waals surface area contributed by atoms with Crippen molar-refractivity contribution in [2.24, 2.45) is 0 Å². The van der Waals surface area contributed by atoms with E-state index >= 15 is 0 Å². The highest BCUT2D eigenvalue weighted by molar-refractivity contribution is 5.88. The van der Waals surface area contributed by atoms with E-state index in [0.717, 1.165) is 111 Å². The molecule has 0 aliphatic heterocycles. The zero-order chi connectivity index (χ0) is 56.0. The Hall–Kier alpha value is -11.3. The van der Waals surface area contributed by atoms with Crippen LogP contribution in [-0.2, 0) is 0 Å². The first-order valence-corrected chi connectivity index (χ1v) is 28.2. The van der Waals surface area contributed by atoms with Gasteiger partial charge in [0.25, 0.3) is 0 Å². The summed E-state index contributed by atoms with van der Waals surface area (Å²) in [6.45, 7) is 0. The van der Waals surface area contributed by atoms with Crippen LogP contribution in [0.3, 0.4) is 0 Å². The number of aromatic nitrogens is 6. The lowest BCUT2D eigenvalue weighted by Gasteiger charge is -2.14. The third-order valence-corrected chi connectivity index (χ3v) is 15.2. The van der Waals surface area contributed by atoms with E-state index in [1.165, 1.54) is 0 Å². The Labute approximate surface area is 488 Å². The molecule has 12 aromatic carbocycles. The van der Waals surface area contributed by atoms with Crippen molar-refractivity contribution in [3.63, 3.8) is 0 Å². The van der Waals surface area contributed by atoms with Gasteiger partial charge in [-0.3, -0.25) is 0 Å². The molecule has 0 amide bonds. The second kappa shape index (κ2) is 23.0. The monoisotopic (exact) mass is 1070 g/mol. The molecule has 6 nitrogen and oxygen atoms in total. The SMILES string of the molecule is c1ccc(-c2ccccc2-c2nc(-c3cccc(-c4cccc(-c5cccc(-c6cccc(-c7nc(-c8ccccc8-c8ccccc8)nc(-c8ccccc8-c8ccccc8)n7)c6)c5)c4)c3)nc(-c3ccccc3-c3ccccc3)n2)cc1. The van der Waals surface area contributed by atoms with Crippen LogP contribution in [0.1, 0.15) is 0 Å². The van der Waals surface area contributed by atoms with Crippen molar-refractivity contribution in [1.29, 1.82) is 0 Å². The predicted octanol–water partition coefficient (Wildman–Crippen LogP) is 19.7. The topological polar surface area (TPSA) is 77.3 Å². The van der Waals surface area contributed by atoms with Gasteiger partial charge in [-0.1, -0.05) is 291 Å². The second-order valence-corrected chi connectivity index (χ2v) is 20.6. The average Bonchev–Trinajstić information content (AvgIpc) is 3.41. The maximum absolute atomic E-state index is 5.28. The van der Waals surface area contributed by atoms with Crippen LogP contribution in [0.2, 0.25) is 0 Å². The molecule has 0 saturated carbocycles. The fraction of sp³-hybridized carbons (Fsp3) is 0. The minimum Gasteiger partial charge on any atom is -0.208 e. The molecule has 0 unspecified atom stereocenters. The molecular weight excluding hydrogens is 1020 g/mol. The summed E-state index contributed by atoms with van der Waals surface area (Å²) in [4.78, 5) is 31.7. The Morgan fingerprint density at radius 2 is 0.286 bits per heavy atom. The summed E-state index contributed by atoms with van der Waals surface area (Å²) in [6.07, 6.45) is 0. The van der Waals surface area contributed by atoms with Gasteiger partial charge in [0.2, 0.25) is 0 Å². The van der Waals surface area contributed by atoms with E-state index < -0.39 is 0 Å². The zero-order valence-electron chi connectivity index (χ0n) is 45.7. The summed E-state index contributed by atoms with van der Waals surface area (Å²) in [5, 5.41) is 0. The van der Waals surface area contributed by atoms with Gasteiger partial charge in [-0.25, -0.2) is 29.9 Å². The van der Waals surface area contributed by atoms with Crippen molar-refractivity contribution in [1.82, 2.24) is 29.9 Å². The van der Waals surface area contributed by atoms with Crippen LogP contribution in [0.5, 0.6) is 0 Å². The number of hydrogen-bond donors (Lipinski definition) is 0. The average molecular weight is 1070 g/mol. The second-order valence-electron chi connectivity index (χ2n) is 20.6. The molecule has 2 aromatic heterocycles. The highest BCUT2D eigenvalue weighted by atomic mass is 15.0. The van der Waals surface area contributed by atoms with Crippen molar-refractivity contribution in [3.8, 4) is 146 Å². The van der Waals surface area contributed by atoms with Crippen LogP contribution in [0.15, 0.2) is 315 Å². The molecule has 0 radical (unpaired) electrons. The van der Waals surface area contributed by atoms with Crippen molar-refractivity contribution >= 4 is 0 Å². The zero-order valence-corrected chi connectivity index (χ0v) is 45.7. The van der Waals surface area contributed by atoms with Gasteiger partial charge in [0.1, 0.15) is 0 Å². The first-order valence-electron chi connectivity index (χ1n) is 28.2. The molecule has 394 valence electrons. The molecule has 0 bridgehead atoms. The summed E-state index contributed by atoms with van der Waals surface area (Å²) < 4.78 is 0. The molecule has 14 rings (SSSR count). The molecule has 0 N–H and O–H groups in total. The first-order chi connectivity index (χ1) is 41.6. The minimum absolute atomic E-state index is 0.590. The van der Waals surface area contributed by atoms with E-state index in [1.54, 1.807) is 0 Å². The van der Waals surface area contributed by atoms with Gasteiger partial charge in [0.05, 0.1) is 0 Å². The quantitative estimate of drug-likeness (QED) is 0.114. The number of hydrogen-bond acceptors (Lipinski definition) is 6. The van der Waals surface area contributed by atoms with Gasteiger partial charge in [0, 0.05) is 33.4 Å². The molecule has 14 aromatic rings. The summed E-state index contributed by atoms with van der Waals surface area (Å²) in [5.74, 6) is 3.60. The minimum atomic E-state index is 0.590. The molecule has 0 atom stereocenters. The van der Waals surface area contributed by atoms with Crippen LogP contribution in [-0.4, -0.2) is 29.9 Å². The molecule has 0 saturated heterocycles. The molecule has 0 fully saturated rings. The summed E-state index contributed by atoms with van der Waals surface area (Å²) >= 11 is 0. The van der Waals surface area contributed by atoms with Crippen molar-refractivity contribution in [3.05, 3.63) is 315 Å². The fourth-order valence-corrected chi connectivity index (χ4v) is 11.1. The lowest BCUT2D eigenvalue weighted by molar-refractivity contribution is 1.07. The molecular formula is C78H52N6. The van der Waals surface area contributed by atoms with Crippen molar-refractivity contribution < 1.29 is 0 Å². The van der Waals surface area contributed by atoms with Crippen LogP contribution in [0.25, 0.3) is 146 Å². The lowest BCUT2D eigenvalue weighted by Crippen LogP contribution is -2.02. The summed E-state index contributed by atoms with van der Waals surface area (Å²) in [6, 6.07) is 110. The summed E-state index contributed by atoms with van der Waals surface area (Å²) in [5.41, 5.74) is 20.5. The van der Waals surface area contributed by atoms with Gasteiger partial charge < -0.3 is 0 Å². The molecule has 6 heteroatoms. The molecule has 84 heavy (non-hydrogen) atoms. The van der Waals surface area contributed by atoms with Gasteiger partial charge >= 0.3 is 0 Å². The third-order valence-electron chi connectivity index (χ3n) is 15.2. The number of nitrogens with zero attached hydrogens (tertiary/aromatic N) is 6.